The van der Waals surface area contributed by atoms with Gasteiger partial charge in [0.05, 0.1) is 17.8 Å². The first-order chi connectivity index (χ1) is 6.24. The Hall–Kier alpha value is -1.42. The number of hydrogen-bond donors (Lipinski definition) is 1. The number of fused-ring (bicyclic) bond motifs is 1. The third-order valence-electron chi connectivity index (χ3n) is 2.05. The summed E-state index contributed by atoms with van der Waals surface area (Å²) in [5, 5.41) is 0. The summed E-state index contributed by atoms with van der Waals surface area (Å²) >= 11 is 0. The zero-order valence-corrected chi connectivity index (χ0v) is 7.29. The SMILES string of the molecule is Cc1nc(CN)n2c(F)cccc12. The van der Waals surface area contributed by atoms with Gasteiger partial charge in [0.25, 0.3) is 0 Å². The first kappa shape index (κ1) is 8.19. The highest BCUT2D eigenvalue weighted by molar-refractivity contribution is 5.52. The smallest absolute Gasteiger partial charge is 0.199 e. The van der Waals surface area contributed by atoms with Gasteiger partial charge in [-0.2, -0.15) is 4.39 Å². The van der Waals surface area contributed by atoms with E-state index in [0.29, 0.717) is 5.82 Å². The second-order valence-corrected chi connectivity index (χ2v) is 2.89. The van der Waals surface area contributed by atoms with Crippen molar-refractivity contribution >= 4 is 5.52 Å². The van der Waals surface area contributed by atoms with Crippen LogP contribution in [0.3, 0.4) is 0 Å². The molecule has 0 atom stereocenters. The van der Waals surface area contributed by atoms with Gasteiger partial charge >= 0.3 is 0 Å². The molecule has 0 amide bonds. The second-order valence-electron chi connectivity index (χ2n) is 2.89. The molecule has 3 nitrogen and oxygen atoms in total. The Balaban J connectivity index is 2.89. The van der Waals surface area contributed by atoms with Crippen molar-refractivity contribution in [1.82, 2.24) is 9.38 Å². The van der Waals surface area contributed by atoms with Gasteiger partial charge in [0.15, 0.2) is 5.95 Å². The van der Waals surface area contributed by atoms with E-state index in [0.717, 1.165) is 11.2 Å². The standard InChI is InChI=1S/C9H10FN3/c1-6-7-3-2-4-8(10)13(7)9(5-11)12-6/h2-4H,5,11H2,1H3. The summed E-state index contributed by atoms with van der Waals surface area (Å²) < 4.78 is 14.8. The fourth-order valence-corrected chi connectivity index (χ4v) is 1.47. The van der Waals surface area contributed by atoms with Crippen molar-refractivity contribution in [2.24, 2.45) is 5.73 Å². The number of nitrogens with zero attached hydrogens (tertiary/aromatic N) is 2. The van der Waals surface area contributed by atoms with Gasteiger partial charge in [-0.1, -0.05) is 6.07 Å². The van der Waals surface area contributed by atoms with E-state index in [2.05, 4.69) is 4.98 Å². The second kappa shape index (κ2) is 2.81. The maximum Gasteiger partial charge on any atom is 0.199 e. The van der Waals surface area contributed by atoms with E-state index in [1.165, 1.54) is 10.5 Å². The van der Waals surface area contributed by atoms with Crippen molar-refractivity contribution in [2.45, 2.75) is 13.5 Å². The third-order valence-corrected chi connectivity index (χ3v) is 2.05. The lowest BCUT2D eigenvalue weighted by Gasteiger charge is -1.98. The topological polar surface area (TPSA) is 43.3 Å². The molecule has 0 spiro atoms. The molecular formula is C9H10FN3. The first-order valence-corrected chi connectivity index (χ1v) is 4.06. The van der Waals surface area contributed by atoms with Gasteiger partial charge in [0, 0.05) is 0 Å². The van der Waals surface area contributed by atoms with Crippen molar-refractivity contribution in [2.75, 3.05) is 0 Å². The first-order valence-electron chi connectivity index (χ1n) is 4.06. The van der Waals surface area contributed by atoms with Crippen molar-refractivity contribution in [3.8, 4) is 0 Å². The van der Waals surface area contributed by atoms with Crippen LogP contribution < -0.4 is 5.73 Å². The number of nitrogens with two attached hydrogens (primary N) is 1. The summed E-state index contributed by atoms with van der Waals surface area (Å²) in [6.07, 6.45) is 0. The van der Waals surface area contributed by atoms with E-state index in [9.17, 15) is 4.39 Å². The fraction of sp³-hybridized carbons (Fsp3) is 0.222. The zero-order valence-electron chi connectivity index (χ0n) is 7.29. The summed E-state index contributed by atoms with van der Waals surface area (Å²) in [4.78, 5) is 4.17. The molecular weight excluding hydrogens is 169 g/mol. The van der Waals surface area contributed by atoms with Gasteiger partial charge in [-0.3, -0.25) is 4.40 Å². The molecule has 2 aromatic rings. The Kier molecular flexibility index (Phi) is 1.77. The van der Waals surface area contributed by atoms with E-state index in [-0.39, 0.29) is 12.5 Å². The van der Waals surface area contributed by atoms with Crippen LogP contribution in [-0.4, -0.2) is 9.38 Å². The number of aryl methyl sites for hydroxylation is 1. The number of aromatic nitrogens is 2. The lowest BCUT2D eigenvalue weighted by molar-refractivity contribution is 0.558. The lowest BCUT2D eigenvalue weighted by Crippen LogP contribution is -2.04. The maximum absolute atomic E-state index is 13.3. The van der Waals surface area contributed by atoms with Crippen LogP contribution in [0.4, 0.5) is 4.39 Å². The molecule has 2 aromatic heterocycles. The van der Waals surface area contributed by atoms with Crippen molar-refractivity contribution in [3.63, 3.8) is 0 Å². The van der Waals surface area contributed by atoms with Crippen LogP contribution in [0.5, 0.6) is 0 Å². The molecule has 0 unspecified atom stereocenters. The quantitative estimate of drug-likeness (QED) is 0.669. The highest BCUT2D eigenvalue weighted by atomic mass is 19.1. The monoisotopic (exact) mass is 179 g/mol. The maximum atomic E-state index is 13.3. The molecule has 2 N–H and O–H groups in total. The summed E-state index contributed by atoms with van der Waals surface area (Å²) in [5.41, 5.74) is 7.03. The van der Waals surface area contributed by atoms with Gasteiger partial charge in [0.2, 0.25) is 0 Å². The molecule has 4 heteroatoms. The Morgan fingerprint density at radius 3 is 3.00 bits per heavy atom. The predicted molar refractivity (Wildman–Crippen MR) is 47.8 cm³/mol. The highest BCUT2D eigenvalue weighted by Gasteiger charge is 2.08. The molecule has 2 heterocycles. The van der Waals surface area contributed by atoms with Crippen LogP contribution in [0, 0.1) is 12.9 Å². The molecule has 0 radical (unpaired) electrons. The Morgan fingerprint density at radius 2 is 2.31 bits per heavy atom. The lowest BCUT2D eigenvalue weighted by atomic mass is 10.3. The van der Waals surface area contributed by atoms with Crippen LogP contribution in [0.1, 0.15) is 11.5 Å². The molecule has 0 aliphatic carbocycles. The summed E-state index contributed by atoms with van der Waals surface area (Å²) in [6.45, 7) is 2.09. The van der Waals surface area contributed by atoms with Crippen molar-refractivity contribution in [3.05, 3.63) is 35.7 Å². The van der Waals surface area contributed by atoms with E-state index >= 15 is 0 Å². The molecule has 0 saturated heterocycles. The van der Waals surface area contributed by atoms with Gasteiger partial charge in [0.1, 0.15) is 5.82 Å². The van der Waals surface area contributed by atoms with Crippen LogP contribution >= 0.6 is 0 Å². The van der Waals surface area contributed by atoms with E-state index in [1.54, 1.807) is 6.07 Å². The summed E-state index contributed by atoms with van der Waals surface area (Å²) in [7, 11) is 0. The number of imidazole rings is 1. The average Bonchev–Trinajstić information content (AvgIpc) is 2.45. The molecule has 0 saturated carbocycles. The third kappa shape index (κ3) is 1.10. The molecule has 2 rings (SSSR count). The van der Waals surface area contributed by atoms with Gasteiger partial charge in [-0.05, 0) is 19.1 Å². The summed E-state index contributed by atoms with van der Waals surface area (Å²) in [6, 6.07) is 4.89. The minimum absolute atomic E-state index is 0.246. The summed E-state index contributed by atoms with van der Waals surface area (Å²) in [5.74, 6) is 0.240. The average molecular weight is 179 g/mol. The molecule has 0 aromatic carbocycles. The van der Waals surface area contributed by atoms with Crippen molar-refractivity contribution < 1.29 is 4.39 Å². The largest absolute Gasteiger partial charge is 0.324 e. The highest BCUT2D eigenvalue weighted by Crippen LogP contribution is 2.13. The van der Waals surface area contributed by atoms with E-state index in [4.69, 9.17) is 5.73 Å². The van der Waals surface area contributed by atoms with Crippen LogP contribution in [0.25, 0.3) is 5.52 Å². The minimum atomic E-state index is -0.321. The molecule has 0 fully saturated rings. The molecule has 0 aliphatic rings. The zero-order chi connectivity index (χ0) is 9.42. The predicted octanol–water partition coefficient (Wildman–Crippen LogP) is 1.24. The Morgan fingerprint density at radius 1 is 1.54 bits per heavy atom. The van der Waals surface area contributed by atoms with E-state index < -0.39 is 0 Å². The van der Waals surface area contributed by atoms with Crippen LogP contribution in [-0.2, 0) is 6.54 Å². The number of hydrogen-bond acceptors (Lipinski definition) is 2. The Bertz CT molecular complexity index is 447. The number of pyridine rings is 1. The van der Waals surface area contributed by atoms with Gasteiger partial charge in [-0.15, -0.1) is 0 Å². The molecule has 13 heavy (non-hydrogen) atoms. The van der Waals surface area contributed by atoms with Crippen molar-refractivity contribution in [1.29, 1.82) is 0 Å². The Labute approximate surface area is 75.0 Å². The number of halogens is 1. The molecule has 0 bridgehead atoms. The van der Waals surface area contributed by atoms with Crippen LogP contribution in [0.15, 0.2) is 18.2 Å². The number of rotatable bonds is 1. The molecule has 68 valence electrons. The van der Waals surface area contributed by atoms with Gasteiger partial charge in [-0.25, -0.2) is 4.98 Å². The van der Waals surface area contributed by atoms with Gasteiger partial charge < -0.3 is 5.73 Å². The fourth-order valence-electron chi connectivity index (χ4n) is 1.47. The van der Waals surface area contributed by atoms with Crippen LogP contribution in [0.2, 0.25) is 0 Å². The molecule has 0 aliphatic heterocycles. The normalized spacial score (nSPS) is 11.0. The minimum Gasteiger partial charge on any atom is -0.324 e. The van der Waals surface area contributed by atoms with E-state index in [1.807, 2.05) is 13.0 Å².